The molecule has 3 nitrogen and oxygen atoms in total. The summed E-state index contributed by atoms with van der Waals surface area (Å²) < 4.78 is 5.22. The average molecular weight is 216 g/mol. The molecule has 0 aliphatic carbocycles. The molecule has 0 fully saturated rings. The van der Waals surface area contributed by atoms with Crippen molar-refractivity contribution in [3.05, 3.63) is 34.9 Å². The van der Waals surface area contributed by atoms with Crippen molar-refractivity contribution in [2.24, 2.45) is 5.73 Å². The topological polar surface area (TPSA) is 59.0 Å². The van der Waals surface area contributed by atoms with Gasteiger partial charge in [-0.1, -0.05) is 19.1 Å². The number of aryl methyl sites for hydroxylation is 1. The van der Waals surface area contributed by atoms with E-state index in [1.165, 1.54) is 0 Å². The van der Waals surface area contributed by atoms with E-state index < -0.39 is 0 Å². The molecule has 1 aromatic rings. The number of methoxy groups -OCH3 is 1. The average Bonchev–Trinajstić information content (AvgIpc) is 2.31. The molecular formula is C13H16N2O. The Hall–Kier alpha value is -1.95. The van der Waals surface area contributed by atoms with E-state index >= 15 is 0 Å². The van der Waals surface area contributed by atoms with Crippen molar-refractivity contribution in [1.82, 2.24) is 0 Å². The zero-order valence-electron chi connectivity index (χ0n) is 9.87. The summed E-state index contributed by atoms with van der Waals surface area (Å²) in [7, 11) is 1.62. The lowest BCUT2D eigenvalue weighted by Crippen LogP contribution is -2.01. The van der Waals surface area contributed by atoms with E-state index in [0.717, 1.165) is 16.9 Å². The number of rotatable bonds is 3. The van der Waals surface area contributed by atoms with Crippen LogP contribution in [0.2, 0.25) is 0 Å². The molecule has 0 radical (unpaired) electrons. The summed E-state index contributed by atoms with van der Waals surface area (Å²) in [6.07, 6.45) is 0.637. The van der Waals surface area contributed by atoms with E-state index in [9.17, 15) is 0 Å². The number of nitrogens with zero attached hydrogens (tertiary/aromatic N) is 1. The smallest absolute Gasteiger partial charge is 0.122 e. The van der Waals surface area contributed by atoms with Crippen LogP contribution in [0.3, 0.4) is 0 Å². The second kappa shape index (κ2) is 5.22. The molecular weight excluding hydrogens is 200 g/mol. The number of nitriles is 1. The van der Waals surface area contributed by atoms with Gasteiger partial charge < -0.3 is 10.5 Å². The van der Waals surface area contributed by atoms with Crippen molar-refractivity contribution in [2.45, 2.75) is 20.3 Å². The molecule has 3 heteroatoms. The fraction of sp³-hybridized carbons (Fsp3) is 0.308. The maximum atomic E-state index is 8.92. The summed E-state index contributed by atoms with van der Waals surface area (Å²) in [5, 5.41) is 8.92. The third-order valence-corrected chi connectivity index (χ3v) is 2.53. The Morgan fingerprint density at radius 3 is 2.69 bits per heavy atom. The van der Waals surface area contributed by atoms with Gasteiger partial charge in [-0.05, 0) is 25.0 Å². The lowest BCUT2D eigenvalue weighted by atomic mass is 10.0. The zero-order valence-corrected chi connectivity index (χ0v) is 9.87. The van der Waals surface area contributed by atoms with Gasteiger partial charge >= 0.3 is 0 Å². The predicted octanol–water partition coefficient (Wildman–Crippen LogP) is 2.61. The van der Waals surface area contributed by atoms with Crippen molar-refractivity contribution in [3.63, 3.8) is 0 Å². The molecule has 0 spiro atoms. The Balaban J connectivity index is 3.25. The molecule has 0 bridgehead atoms. The molecule has 0 saturated carbocycles. The van der Waals surface area contributed by atoms with Gasteiger partial charge in [-0.15, -0.1) is 0 Å². The molecule has 0 aliphatic heterocycles. The Morgan fingerprint density at radius 1 is 1.50 bits per heavy atom. The molecule has 84 valence electrons. The molecule has 0 heterocycles. The first-order valence-corrected chi connectivity index (χ1v) is 5.17. The van der Waals surface area contributed by atoms with Gasteiger partial charge in [0.05, 0.1) is 24.4 Å². The predicted molar refractivity (Wildman–Crippen MR) is 64.7 cm³/mol. The van der Waals surface area contributed by atoms with Crippen molar-refractivity contribution in [1.29, 1.82) is 5.26 Å². The van der Waals surface area contributed by atoms with Crippen LogP contribution in [-0.4, -0.2) is 7.11 Å². The SMILES string of the molecule is CC/C(C#N)=C(/N)c1ccc(C)c(OC)c1. The second-order valence-electron chi connectivity index (χ2n) is 3.54. The van der Waals surface area contributed by atoms with Crippen LogP contribution in [0.4, 0.5) is 0 Å². The molecule has 16 heavy (non-hydrogen) atoms. The van der Waals surface area contributed by atoms with Gasteiger partial charge in [0.1, 0.15) is 5.75 Å². The summed E-state index contributed by atoms with van der Waals surface area (Å²) in [5.41, 5.74) is 8.95. The monoisotopic (exact) mass is 216 g/mol. The Labute approximate surface area is 96.1 Å². The van der Waals surface area contributed by atoms with Gasteiger partial charge in [-0.3, -0.25) is 0 Å². The van der Waals surface area contributed by atoms with Crippen molar-refractivity contribution in [2.75, 3.05) is 7.11 Å². The summed E-state index contributed by atoms with van der Waals surface area (Å²) in [6.45, 7) is 3.88. The molecule has 1 rings (SSSR count). The van der Waals surface area contributed by atoms with Crippen LogP contribution in [0.25, 0.3) is 5.70 Å². The molecule has 0 unspecified atom stereocenters. The van der Waals surface area contributed by atoms with Gasteiger partial charge in [-0.25, -0.2) is 0 Å². The first kappa shape index (κ1) is 12.1. The summed E-state index contributed by atoms with van der Waals surface area (Å²) in [5.74, 6) is 0.786. The van der Waals surface area contributed by atoms with Crippen LogP contribution >= 0.6 is 0 Å². The van der Waals surface area contributed by atoms with Gasteiger partial charge in [0, 0.05) is 5.56 Å². The first-order chi connectivity index (χ1) is 7.63. The normalized spacial score (nSPS) is 11.6. The van der Waals surface area contributed by atoms with Crippen molar-refractivity contribution < 1.29 is 4.74 Å². The number of ether oxygens (including phenoxy) is 1. The minimum absolute atomic E-state index is 0.531. The Kier molecular flexibility index (Phi) is 3.96. The Bertz CT molecular complexity index is 455. The molecule has 0 amide bonds. The Morgan fingerprint density at radius 2 is 2.19 bits per heavy atom. The number of benzene rings is 1. The van der Waals surface area contributed by atoms with E-state index in [1.54, 1.807) is 7.11 Å². The first-order valence-electron chi connectivity index (χ1n) is 5.17. The maximum Gasteiger partial charge on any atom is 0.122 e. The lowest BCUT2D eigenvalue weighted by molar-refractivity contribution is 0.411. The van der Waals surface area contributed by atoms with Crippen LogP contribution in [-0.2, 0) is 0 Å². The standard InChI is InChI=1S/C13H16N2O/c1-4-10(8-14)13(15)11-6-5-9(2)12(7-11)16-3/h5-7H,4,15H2,1-3H3/b13-10-. The number of nitrogens with two attached hydrogens (primary N) is 1. The third kappa shape index (κ3) is 2.34. The van der Waals surface area contributed by atoms with Crippen LogP contribution in [0.5, 0.6) is 5.75 Å². The molecule has 2 N–H and O–H groups in total. The largest absolute Gasteiger partial charge is 0.496 e. The van der Waals surface area contributed by atoms with Crippen molar-refractivity contribution in [3.8, 4) is 11.8 Å². The minimum Gasteiger partial charge on any atom is -0.496 e. The minimum atomic E-state index is 0.531. The molecule has 0 atom stereocenters. The summed E-state index contributed by atoms with van der Waals surface area (Å²) in [4.78, 5) is 0. The highest BCUT2D eigenvalue weighted by atomic mass is 16.5. The number of allylic oxidation sites excluding steroid dienone is 1. The highest BCUT2D eigenvalue weighted by Crippen LogP contribution is 2.23. The maximum absolute atomic E-state index is 8.92. The van der Waals surface area contributed by atoms with Crippen LogP contribution in [0, 0.1) is 18.3 Å². The summed E-state index contributed by atoms with van der Waals surface area (Å²) >= 11 is 0. The number of hydrogen-bond acceptors (Lipinski definition) is 3. The van der Waals surface area contributed by atoms with Gasteiger partial charge in [0.15, 0.2) is 0 Å². The lowest BCUT2D eigenvalue weighted by Gasteiger charge is -2.09. The molecule has 1 aromatic carbocycles. The van der Waals surface area contributed by atoms with E-state index in [-0.39, 0.29) is 0 Å². The van der Waals surface area contributed by atoms with Crippen LogP contribution < -0.4 is 10.5 Å². The third-order valence-electron chi connectivity index (χ3n) is 2.53. The summed E-state index contributed by atoms with van der Waals surface area (Å²) in [6, 6.07) is 7.81. The van der Waals surface area contributed by atoms with E-state index in [2.05, 4.69) is 6.07 Å². The van der Waals surface area contributed by atoms with E-state index in [0.29, 0.717) is 17.7 Å². The quantitative estimate of drug-likeness (QED) is 0.790. The second-order valence-corrected chi connectivity index (χ2v) is 3.54. The molecule has 0 aliphatic rings. The van der Waals surface area contributed by atoms with E-state index in [1.807, 2.05) is 32.0 Å². The highest BCUT2D eigenvalue weighted by molar-refractivity contribution is 5.70. The van der Waals surface area contributed by atoms with Gasteiger partial charge in [0.25, 0.3) is 0 Å². The number of hydrogen-bond donors (Lipinski definition) is 1. The van der Waals surface area contributed by atoms with Gasteiger partial charge in [0.2, 0.25) is 0 Å². The fourth-order valence-corrected chi connectivity index (χ4v) is 1.49. The van der Waals surface area contributed by atoms with Crippen molar-refractivity contribution >= 4 is 5.70 Å². The molecule has 0 saturated heterocycles. The molecule has 0 aromatic heterocycles. The zero-order chi connectivity index (χ0) is 12.1. The van der Waals surface area contributed by atoms with Crippen LogP contribution in [0.15, 0.2) is 23.8 Å². The van der Waals surface area contributed by atoms with Gasteiger partial charge in [-0.2, -0.15) is 5.26 Å². The van der Waals surface area contributed by atoms with E-state index in [4.69, 9.17) is 15.7 Å². The fourth-order valence-electron chi connectivity index (χ4n) is 1.49. The van der Waals surface area contributed by atoms with Crippen LogP contribution in [0.1, 0.15) is 24.5 Å². The highest BCUT2D eigenvalue weighted by Gasteiger charge is 2.06.